The van der Waals surface area contributed by atoms with E-state index in [0.29, 0.717) is 26.3 Å². The number of hydrogen-bond acceptors (Lipinski definition) is 27. The standard InChI is InChI=1S/C46H38Cl2N14O18S3/c1-76-27-9-3-19(17-21(27)39(63)64)50-42-56-41(49-11-16-81(67,68)69)57-44(58-42)54-25-7-5-23-33(37(25)82(70,71)72)79-35-29(47)32-36(30(48)31(35)52-23)80-34-24(53-32)6-8-26(38(34)83(73,74)75)55-45-59-43(60-46(61-45)62-12-14-78-15-13-62)51-20-4-10-28(77-2)22(18-20)40(65)66/h3-10,17-18H,11-16H2,1-2H3,(H,63,64)(H,65,66)(H,67,68,69)(H,70,71,72)(H,73,74,75)(H2,51,55,59,60,61)(H3,49,50,54,56,57,58). The third kappa shape index (κ3) is 12.1. The van der Waals surface area contributed by atoms with E-state index in [0.717, 1.165) is 6.07 Å². The van der Waals surface area contributed by atoms with E-state index in [4.69, 9.17) is 46.9 Å². The van der Waals surface area contributed by atoms with Gasteiger partial charge in [-0.2, -0.15) is 55.2 Å². The van der Waals surface area contributed by atoms with E-state index in [1.807, 2.05) is 0 Å². The molecule has 7 aromatic rings. The third-order valence-corrected chi connectivity index (χ3v) is 15.1. The van der Waals surface area contributed by atoms with Crippen LogP contribution in [0.3, 0.4) is 0 Å². The quantitative estimate of drug-likeness (QED) is 0.0447. The number of hydrogen-bond donors (Lipinski definition) is 10. The smallest absolute Gasteiger partial charge is 0.339 e. The van der Waals surface area contributed by atoms with Crippen LogP contribution >= 0.6 is 23.2 Å². The molecular formula is C46H38Cl2N14O18S3. The Bertz CT molecular complexity index is 4380. The molecular weight excluding hydrogens is 1200 g/mol. The number of aromatic carboxylic acids is 2. The van der Waals surface area contributed by atoms with E-state index in [2.05, 4.69) is 66.5 Å². The average Bonchev–Trinajstić information content (AvgIpc) is 2.94. The normalized spacial score (nSPS) is 13.5. The van der Waals surface area contributed by atoms with Gasteiger partial charge in [-0.1, -0.05) is 23.2 Å². The lowest BCUT2D eigenvalue weighted by Crippen LogP contribution is -2.37. The number of carboxylic acid groups (broad SMARTS) is 2. The Morgan fingerprint density at radius 1 is 0.590 bits per heavy atom. The largest absolute Gasteiger partial charge is 0.496 e. The SMILES string of the molecule is COc1ccc(Nc2nc(NCCS(=O)(=O)O)nc(Nc3ccc4c(c3S(=O)(=O)O)Oc3c(Cl)c5c(c(Cl)c3=N4)Oc3c(ccc(Nc4nc(Nc6ccc(OC)c(C(=O)O)c6)nc(N6CCOCC6)n4)c3S(=O)(=O)O)N=5)n2)cc1C(=O)O. The highest BCUT2D eigenvalue weighted by atomic mass is 35.5. The molecule has 10 rings (SSSR count). The van der Waals surface area contributed by atoms with Crippen LogP contribution < -0.4 is 61.1 Å². The van der Waals surface area contributed by atoms with E-state index >= 15 is 0 Å². The van der Waals surface area contributed by atoms with Crippen molar-refractivity contribution in [3.8, 4) is 34.5 Å². The first-order valence-electron chi connectivity index (χ1n) is 23.4. The van der Waals surface area contributed by atoms with Gasteiger partial charge in [0, 0.05) is 31.0 Å². The predicted molar refractivity (Wildman–Crippen MR) is 291 cm³/mol. The van der Waals surface area contributed by atoms with Crippen LogP contribution in [-0.2, 0) is 35.1 Å². The number of carbonyl (C=O) groups is 2. The van der Waals surface area contributed by atoms with E-state index in [9.17, 15) is 58.7 Å². The molecule has 37 heteroatoms. The van der Waals surface area contributed by atoms with Gasteiger partial charge < -0.3 is 65.4 Å². The second-order valence-electron chi connectivity index (χ2n) is 17.3. The zero-order valence-corrected chi connectivity index (χ0v) is 46.0. The monoisotopic (exact) mass is 1240 g/mol. The van der Waals surface area contributed by atoms with Gasteiger partial charge in [-0.05, 0) is 60.7 Å². The molecule has 5 heterocycles. The summed E-state index contributed by atoms with van der Waals surface area (Å²) in [4.78, 5) is 58.7. The predicted octanol–water partition coefficient (Wildman–Crippen LogP) is 5.50. The maximum absolute atomic E-state index is 13.4. The van der Waals surface area contributed by atoms with Gasteiger partial charge in [0.1, 0.15) is 54.8 Å². The molecule has 10 N–H and O–H groups in total. The summed E-state index contributed by atoms with van der Waals surface area (Å²) < 4.78 is 135. The maximum atomic E-state index is 13.4. The minimum atomic E-state index is -5.34. The first kappa shape index (κ1) is 57.2. The van der Waals surface area contributed by atoms with E-state index in [1.54, 1.807) is 4.90 Å². The second-order valence-corrected chi connectivity index (χ2v) is 22.3. The zero-order valence-electron chi connectivity index (χ0n) is 42.1. The summed E-state index contributed by atoms with van der Waals surface area (Å²) in [7, 11) is -12.5. The molecule has 2 aromatic heterocycles. The fraction of sp³-hybridized carbons (Fsp3) is 0.174. The lowest BCUT2D eigenvalue weighted by Gasteiger charge is -2.27. The number of aromatic nitrogens is 6. The molecule has 0 radical (unpaired) electrons. The molecule has 0 unspecified atom stereocenters. The number of halogens is 2. The minimum absolute atomic E-state index is 0.0139. The molecule has 0 bridgehead atoms. The Hall–Kier alpha value is -9.07. The first-order chi connectivity index (χ1) is 39.3. The van der Waals surface area contributed by atoms with E-state index in [-0.39, 0.29) is 91.5 Å². The Labute approximate surface area is 476 Å². The molecule has 3 aliphatic rings. The number of nitrogens with zero attached hydrogens (tertiary/aromatic N) is 9. The maximum Gasteiger partial charge on any atom is 0.339 e. The molecule has 0 spiro atoms. The van der Waals surface area contributed by atoms with Crippen LogP contribution in [-0.4, -0.2) is 144 Å². The summed E-state index contributed by atoms with van der Waals surface area (Å²) in [6.07, 6.45) is 0. The number of nitrogens with one attached hydrogen (secondary N) is 5. The van der Waals surface area contributed by atoms with Gasteiger partial charge in [-0.15, -0.1) is 0 Å². The highest BCUT2D eigenvalue weighted by Gasteiger charge is 2.35. The van der Waals surface area contributed by atoms with Gasteiger partial charge in [0.05, 0.1) is 44.6 Å². The second kappa shape index (κ2) is 22.4. The van der Waals surface area contributed by atoms with Crippen molar-refractivity contribution >= 4 is 135 Å². The molecule has 0 atom stereocenters. The van der Waals surface area contributed by atoms with Crippen LogP contribution in [0.25, 0.3) is 0 Å². The van der Waals surface area contributed by atoms with Crippen molar-refractivity contribution in [1.29, 1.82) is 0 Å². The van der Waals surface area contributed by atoms with Crippen LogP contribution in [0.2, 0.25) is 10.0 Å². The zero-order chi connectivity index (χ0) is 59.3. The fourth-order valence-electron chi connectivity index (χ4n) is 8.29. The Morgan fingerprint density at radius 2 is 1.01 bits per heavy atom. The van der Waals surface area contributed by atoms with Crippen molar-refractivity contribution in [2.24, 2.45) is 9.98 Å². The number of ether oxygens (including phenoxy) is 5. The van der Waals surface area contributed by atoms with E-state index < -0.39 is 109 Å². The van der Waals surface area contributed by atoms with Gasteiger partial charge in [0.2, 0.25) is 35.7 Å². The van der Waals surface area contributed by atoms with Gasteiger partial charge in [-0.3, -0.25) is 13.7 Å². The number of anilines is 10. The van der Waals surface area contributed by atoms with Crippen LogP contribution in [0.5, 0.6) is 34.5 Å². The number of carboxylic acids is 2. The molecule has 432 valence electrons. The molecule has 32 nitrogen and oxygen atoms in total. The summed E-state index contributed by atoms with van der Waals surface area (Å²) in [6.45, 7) is 0.869. The van der Waals surface area contributed by atoms with Gasteiger partial charge in [-0.25, -0.2) is 19.6 Å². The summed E-state index contributed by atoms with van der Waals surface area (Å²) in [6, 6.07) is 12.9. The van der Waals surface area contributed by atoms with Crippen molar-refractivity contribution in [2.45, 2.75) is 9.79 Å². The van der Waals surface area contributed by atoms with Crippen LogP contribution in [0, 0.1) is 0 Å². The average molecular weight is 1240 g/mol. The summed E-state index contributed by atoms with van der Waals surface area (Å²) in [5.74, 6) is -6.83. The van der Waals surface area contributed by atoms with E-state index in [1.165, 1.54) is 68.8 Å². The van der Waals surface area contributed by atoms with Crippen LogP contribution in [0.15, 0.2) is 80.4 Å². The van der Waals surface area contributed by atoms with Crippen LogP contribution in [0.1, 0.15) is 20.7 Å². The number of fused-ring (bicyclic) bond motifs is 4. The Balaban J connectivity index is 1.00. The lowest BCUT2D eigenvalue weighted by molar-refractivity contribution is 0.0682. The molecule has 0 aliphatic carbocycles. The highest BCUT2D eigenvalue weighted by molar-refractivity contribution is 7.86. The third-order valence-electron chi connectivity index (χ3n) is 11.9. The summed E-state index contributed by atoms with van der Waals surface area (Å²) in [5, 5.41) is 31.7. The van der Waals surface area contributed by atoms with Crippen molar-refractivity contribution < 1.29 is 82.4 Å². The first-order valence-corrected chi connectivity index (χ1v) is 28.7. The van der Waals surface area contributed by atoms with Crippen LogP contribution in [0.4, 0.5) is 69.8 Å². The van der Waals surface area contributed by atoms with Crippen molar-refractivity contribution in [1.82, 2.24) is 29.9 Å². The molecule has 0 amide bonds. The molecule has 5 aromatic carbocycles. The minimum Gasteiger partial charge on any atom is -0.496 e. The molecule has 0 saturated carbocycles. The van der Waals surface area contributed by atoms with Crippen molar-refractivity contribution in [3.05, 3.63) is 92.6 Å². The fourth-order valence-corrected chi connectivity index (χ4v) is 10.7. The number of methoxy groups -OCH3 is 2. The summed E-state index contributed by atoms with van der Waals surface area (Å²) >= 11 is 13.9. The number of rotatable bonds is 19. The summed E-state index contributed by atoms with van der Waals surface area (Å²) in [5.41, 5.74) is -1.45. The molecule has 3 aliphatic heterocycles. The van der Waals surface area contributed by atoms with Gasteiger partial charge in [0.25, 0.3) is 30.4 Å². The number of benzene rings is 5. The van der Waals surface area contributed by atoms with Crippen molar-refractivity contribution in [2.75, 3.05) is 84.3 Å². The molecule has 83 heavy (non-hydrogen) atoms. The van der Waals surface area contributed by atoms with Gasteiger partial charge in [0.15, 0.2) is 32.8 Å². The highest BCUT2D eigenvalue weighted by Crippen LogP contribution is 2.49. The van der Waals surface area contributed by atoms with Crippen molar-refractivity contribution in [3.63, 3.8) is 0 Å². The molecule has 1 saturated heterocycles. The number of morpholine rings is 1. The Kier molecular flexibility index (Phi) is 15.4. The lowest BCUT2D eigenvalue weighted by atomic mass is 10.2. The Morgan fingerprint density at radius 3 is 1.43 bits per heavy atom. The van der Waals surface area contributed by atoms with Gasteiger partial charge >= 0.3 is 11.9 Å². The topological polar surface area (TPSA) is 449 Å². The molecule has 1 fully saturated rings.